The summed E-state index contributed by atoms with van der Waals surface area (Å²) in [7, 11) is 0. The topological polar surface area (TPSA) is 64.6 Å². The quantitative estimate of drug-likeness (QED) is 0.492. The van der Waals surface area contributed by atoms with Crippen LogP contribution in [0.4, 0.5) is 4.79 Å². The minimum absolute atomic E-state index is 0.176. The van der Waals surface area contributed by atoms with Gasteiger partial charge in [-0.3, -0.25) is 4.79 Å². The summed E-state index contributed by atoms with van der Waals surface area (Å²) in [6.45, 7) is 8.28. The molecule has 124 valence electrons. The Labute approximate surface area is 128 Å². The maximum Gasteiger partial charge on any atom is 0.407 e. The second-order valence-electron chi connectivity index (χ2n) is 6.17. The van der Waals surface area contributed by atoms with Gasteiger partial charge in [-0.2, -0.15) is 0 Å². The van der Waals surface area contributed by atoms with Crippen molar-refractivity contribution in [3.63, 3.8) is 0 Å². The Morgan fingerprint density at radius 1 is 1.00 bits per heavy atom. The van der Waals surface area contributed by atoms with Gasteiger partial charge in [0.05, 0.1) is 13.0 Å². The van der Waals surface area contributed by atoms with Gasteiger partial charge in [0.1, 0.15) is 5.60 Å². The molecule has 0 aliphatic rings. The lowest BCUT2D eigenvalue weighted by molar-refractivity contribution is -0.143. The van der Waals surface area contributed by atoms with Crippen molar-refractivity contribution in [3.05, 3.63) is 0 Å². The van der Waals surface area contributed by atoms with Crippen LogP contribution in [-0.4, -0.2) is 30.8 Å². The molecule has 0 spiro atoms. The van der Waals surface area contributed by atoms with E-state index in [1.165, 1.54) is 25.7 Å². The smallest absolute Gasteiger partial charge is 0.407 e. The van der Waals surface area contributed by atoms with Gasteiger partial charge in [-0.05, 0) is 27.2 Å². The van der Waals surface area contributed by atoms with E-state index in [-0.39, 0.29) is 18.9 Å². The SMILES string of the molecule is CCCCCCCCOC(=O)CCNC(=O)OC(C)(C)C. The predicted molar refractivity (Wildman–Crippen MR) is 83.2 cm³/mol. The number of nitrogens with one attached hydrogen (secondary N) is 1. The van der Waals surface area contributed by atoms with E-state index in [0.29, 0.717) is 6.61 Å². The average Bonchev–Trinajstić information content (AvgIpc) is 2.35. The lowest BCUT2D eigenvalue weighted by Gasteiger charge is -2.19. The second-order valence-corrected chi connectivity index (χ2v) is 6.17. The van der Waals surface area contributed by atoms with Crippen LogP contribution < -0.4 is 5.32 Å². The van der Waals surface area contributed by atoms with Crippen molar-refractivity contribution >= 4 is 12.1 Å². The van der Waals surface area contributed by atoms with E-state index in [9.17, 15) is 9.59 Å². The molecular formula is C16H31NO4. The lowest BCUT2D eigenvalue weighted by atomic mass is 10.1. The second kappa shape index (κ2) is 11.4. The van der Waals surface area contributed by atoms with Crippen LogP contribution in [0.25, 0.3) is 0 Å². The monoisotopic (exact) mass is 301 g/mol. The molecule has 0 fully saturated rings. The number of hydrogen-bond donors (Lipinski definition) is 1. The fourth-order valence-corrected chi connectivity index (χ4v) is 1.72. The van der Waals surface area contributed by atoms with Gasteiger partial charge in [0.2, 0.25) is 0 Å². The molecule has 0 heterocycles. The van der Waals surface area contributed by atoms with E-state index in [0.717, 1.165) is 12.8 Å². The fraction of sp³-hybridized carbons (Fsp3) is 0.875. The van der Waals surface area contributed by atoms with Crippen LogP contribution in [0.3, 0.4) is 0 Å². The number of carbonyl (C=O) groups excluding carboxylic acids is 2. The van der Waals surface area contributed by atoms with Crippen LogP contribution in [-0.2, 0) is 14.3 Å². The normalized spacial score (nSPS) is 11.0. The highest BCUT2D eigenvalue weighted by Crippen LogP contribution is 2.06. The molecule has 0 saturated heterocycles. The van der Waals surface area contributed by atoms with E-state index in [1.807, 2.05) is 0 Å². The van der Waals surface area contributed by atoms with Crippen LogP contribution >= 0.6 is 0 Å². The molecule has 0 unspecified atom stereocenters. The van der Waals surface area contributed by atoms with Gasteiger partial charge in [-0.1, -0.05) is 39.0 Å². The standard InChI is InChI=1S/C16H31NO4/c1-5-6-7-8-9-10-13-20-14(18)11-12-17-15(19)21-16(2,3)4/h5-13H2,1-4H3,(H,17,19). The summed E-state index contributed by atoms with van der Waals surface area (Å²) in [6, 6.07) is 0. The first-order valence-corrected chi connectivity index (χ1v) is 7.97. The van der Waals surface area contributed by atoms with Crippen molar-refractivity contribution in [1.29, 1.82) is 0 Å². The zero-order valence-corrected chi connectivity index (χ0v) is 14.0. The van der Waals surface area contributed by atoms with Gasteiger partial charge in [0.15, 0.2) is 0 Å². The molecule has 0 aromatic heterocycles. The first-order chi connectivity index (χ1) is 9.85. The third kappa shape index (κ3) is 15.0. The van der Waals surface area contributed by atoms with Crippen LogP contribution in [0.2, 0.25) is 0 Å². The van der Waals surface area contributed by atoms with Crippen molar-refractivity contribution in [2.24, 2.45) is 0 Å². The summed E-state index contributed by atoms with van der Waals surface area (Å²) in [5.74, 6) is -0.278. The molecule has 0 radical (unpaired) electrons. The highest BCUT2D eigenvalue weighted by molar-refractivity contribution is 5.71. The van der Waals surface area contributed by atoms with Crippen LogP contribution in [0, 0.1) is 0 Å². The molecule has 0 aliphatic heterocycles. The molecule has 0 bridgehead atoms. The summed E-state index contributed by atoms with van der Waals surface area (Å²) in [6.07, 6.45) is 6.64. The van der Waals surface area contributed by atoms with Crippen LogP contribution in [0.5, 0.6) is 0 Å². The van der Waals surface area contributed by atoms with Crippen molar-refractivity contribution in [1.82, 2.24) is 5.32 Å². The Morgan fingerprint density at radius 3 is 2.24 bits per heavy atom. The lowest BCUT2D eigenvalue weighted by Crippen LogP contribution is -2.33. The van der Waals surface area contributed by atoms with Crippen LogP contribution in [0.1, 0.15) is 72.6 Å². The summed E-state index contributed by atoms with van der Waals surface area (Å²) in [5.41, 5.74) is -0.525. The molecule has 5 nitrogen and oxygen atoms in total. The Kier molecular flexibility index (Phi) is 10.7. The van der Waals surface area contributed by atoms with Crippen LogP contribution in [0.15, 0.2) is 0 Å². The van der Waals surface area contributed by atoms with Gasteiger partial charge in [0.25, 0.3) is 0 Å². The molecule has 0 aromatic carbocycles. The van der Waals surface area contributed by atoms with Gasteiger partial charge >= 0.3 is 12.1 Å². The molecule has 0 atom stereocenters. The van der Waals surface area contributed by atoms with E-state index in [1.54, 1.807) is 20.8 Å². The highest BCUT2D eigenvalue weighted by Gasteiger charge is 2.15. The van der Waals surface area contributed by atoms with E-state index < -0.39 is 11.7 Å². The molecule has 1 N–H and O–H groups in total. The Bertz CT molecular complexity index is 297. The van der Waals surface area contributed by atoms with Gasteiger partial charge in [-0.25, -0.2) is 4.79 Å². The third-order valence-electron chi connectivity index (χ3n) is 2.76. The number of carbonyl (C=O) groups is 2. The number of unbranched alkanes of at least 4 members (excludes halogenated alkanes) is 5. The number of esters is 1. The zero-order valence-electron chi connectivity index (χ0n) is 14.0. The number of alkyl carbamates (subject to hydrolysis) is 1. The molecular weight excluding hydrogens is 270 g/mol. The van der Waals surface area contributed by atoms with Crippen molar-refractivity contribution in [2.45, 2.75) is 78.2 Å². The molecule has 21 heavy (non-hydrogen) atoms. The van der Waals surface area contributed by atoms with E-state index in [4.69, 9.17) is 9.47 Å². The van der Waals surface area contributed by atoms with Crippen molar-refractivity contribution in [3.8, 4) is 0 Å². The zero-order chi connectivity index (χ0) is 16.1. The van der Waals surface area contributed by atoms with Crippen molar-refractivity contribution in [2.75, 3.05) is 13.2 Å². The largest absolute Gasteiger partial charge is 0.466 e. The van der Waals surface area contributed by atoms with E-state index in [2.05, 4.69) is 12.2 Å². The summed E-state index contributed by atoms with van der Waals surface area (Å²) in [4.78, 5) is 22.8. The molecule has 0 aromatic rings. The number of rotatable bonds is 10. The first kappa shape index (κ1) is 19.7. The fourth-order valence-electron chi connectivity index (χ4n) is 1.72. The summed E-state index contributed by atoms with van der Waals surface area (Å²) >= 11 is 0. The molecule has 5 heteroatoms. The van der Waals surface area contributed by atoms with Gasteiger partial charge in [0, 0.05) is 6.54 Å². The maximum atomic E-state index is 11.4. The number of amides is 1. The summed E-state index contributed by atoms with van der Waals surface area (Å²) < 4.78 is 10.2. The van der Waals surface area contributed by atoms with Gasteiger partial charge < -0.3 is 14.8 Å². The molecule has 0 saturated carbocycles. The Balaban J connectivity index is 3.44. The third-order valence-corrected chi connectivity index (χ3v) is 2.76. The van der Waals surface area contributed by atoms with Gasteiger partial charge in [-0.15, -0.1) is 0 Å². The molecule has 1 amide bonds. The molecule has 0 aliphatic carbocycles. The number of hydrogen-bond acceptors (Lipinski definition) is 4. The summed E-state index contributed by atoms with van der Waals surface area (Å²) in [5, 5.41) is 2.53. The first-order valence-electron chi connectivity index (χ1n) is 7.97. The predicted octanol–water partition coefficient (Wildman–Crippen LogP) is 3.80. The van der Waals surface area contributed by atoms with E-state index >= 15 is 0 Å². The van der Waals surface area contributed by atoms with Crippen molar-refractivity contribution < 1.29 is 19.1 Å². The highest BCUT2D eigenvalue weighted by atomic mass is 16.6. The Hall–Kier alpha value is -1.26. The maximum absolute atomic E-state index is 11.4. The minimum atomic E-state index is -0.525. The Morgan fingerprint density at radius 2 is 1.62 bits per heavy atom. The minimum Gasteiger partial charge on any atom is -0.466 e. The molecule has 0 rings (SSSR count). The number of ether oxygens (including phenoxy) is 2. The average molecular weight is 301 g/mol.